The quantitative estimate of drug-likeness (QED) is 0.351. The molecular formula is C29H28N2O3. The monoisotopic (exact) mass is 452 g/mol. The molecule has 1 heterocycles. The first-order valence-electron chi connectivity index (χ1n) is 11.4. The van der Waals surface area contributed by atoms with E-state index in [0.717, 1.165) is 39.9 Å². The van der Waals surface area contributed by atoms with Crippen LogP contribution in [0.5, 0.6) is 0 Å². The minimum absolute atomic E-state index is 0.0572. The summed E-state index contributed by atoms with van der Waals surface area (Å²) in [4.78, 5) is 23.6. The van der Waals surface area contributed by atoms with Gasteiger partial charge in [0.15, 0.2) is 0 Å². The number of aliphatic carboxylic acids is 1. The molecule has 34 heavy (non-hydrogen) atoms. The van der Waals surface area contributed by atoms with Crippen molar-refractivity contribution in [3.63, 3.8) is 0 Å². The van der Waals surface area contributed by atoms with Gasteiger partial charge in [-0.1, -0.05) is 67.6 Å². The van der Waals surface area contributed by atoms with E-state index in [-0.39, 0.29) is 6.42 Å². The molecule has 5 nitrogen and oxygen atoms in total. The molecule has 172 valence electrons. The molecule has 3 aromatic carbocycles. The SMILES string of the molecule is CCc1ccc(-c2ccn(C(CC(=O)O)c3ccccc3)c2-c2ccc(C(N)=O)cc2C)cc1. The summed E-state index contributed by atoms with van der Waals surface area (Å²) in [6.07, 6.45) is 2.86. The van der Waals surface area contributed by atoms with Gasteiger partial charge in [-0.05, 0) is 53.8 Å². The lowest BCUT2D eigenvalue weighted by Crippen LogP contribution is -2.16. The number of carbonyl (C=O) groups excluding carboxylic acids is 1. The van der Waals surface area contributed by atoms with Gasteiger partial charge < -0.3 is 15.4 Å². The molecule has 5 heteroatoms. The average Bonchev–Trinajstić information content (AvgIpc) is 3.27. The highest BCUT2D eigenvalue weighted by atomic mass is 16.4. The summed E-state index contributed by atoms with van der Waals surface area (Å²) in [7, 11) is 0. The molecule has 3 N–H and O–H groups in total. The number of hydrogen-bond donors (Lipinski definition) is 2. The second-order valence-electron chi connectivity index (χ2n) is 8.45. The summed E-state index contributed by atoms with van der Waals surface area (Å²) in [6.45, 7) is 4.06. The number of carbonyl (C=O) groups is 2. The van der Waals surface area contributed by atoms with Crippen LogP contribution in [0.2, 0.25) is 0 Å². The van der Waals surface area contributed by atoms with Crippen LogP contribution in [0.3, 0.4) is 0 Å². The molecule has 1 aromatic heterocycles. The lowest BCUT2D eigenvalue weighted by molar-refractivity contribution is -0.137. The zero-order chi connectivity index (χ0) is 24.2. The van der Waals surface area contributed by atoms with Crippen LogP contribution in [0.4, 0.5) is 0 Å². The van der Waals surface area contributed by atoms with Crippen LogP contribution in [0, 0.1) is 6.92 Å². The van der Waals surface area contributed by atoms with Crippen molar-refractivity contribution >= 4 is 11.9 Å². The third-order valence-corrected chi connectivity index (χ3v) is 6.24. The van der Waals surface area contributed by atoms with Crippen molar-refractivity contribution < 1.29 is 14.7 Å². The number of carboxylic acids is 1. The number of nitrogens with zero attached hydrogens (tertiary/aromatic N) is 1. The molecule has 0 spiro atoms. The Labute approximate surface area is 199 Å². The van der Waals surface area contributed by atoms with Crippen LogP contribution >= 0.6 is 0 Å². The first-order chi connectivity index (χ1) is 16.4. The van der Waals surface area contributed by atoms with Crippen molar-refractivity contribution in [1.29, 1.82) is 0 Å². The second kappa shape index (κ2) is 9.79. The maximum atomic E-state index is 11.9. The number of hydrogen-bond acceptors (Lipinski definition) is 2. The number of aryl methyl sites for hydroxylation is 2. The second-order valence-corrected chi connectivity index (χ2v) is 8.45. The summed E-state index contributed by atoms with van der Waals surface area (Å²) in [6, 6.07) is 25.2. The van der Waals surface area contributed by atoms with Crippen LogP contribution in [0.1, 0.15) is 46.4 Å². The van der Waals surface area contributed by atoms with Gasteiger partial charge in [-0.15, -0.1) is 0 Å². The Morgan fingerprint density at radius 2 is 1.65 bits per heavy atom. The third-order valence-electron chi connectivity index (χ3n) is 6.24. The smallest absolute Gasteiger partial charge is 0.305 e. The van der Waals surface area contributed by atoms with Gasteiger partial charge >= 0.3 is 5.97 Å². The summed E-state index contributed by atoms with van der Waals surface area (Å²) >= 11 is 0. The summed E-state index contributed by atoms with van der Waals surface area (Å²) < 4.78 is 2.04. The number of aromatic nitrogens is 1. The highest BCUT2D eigenvalue weighted by molar-refractivity contribution is 5.94. The summed E-state index contributed by atoms with van der Waals surface area (Å²) in [5.74, 6) is -1.35. The Hall–Kier alpha value is -4.12. The largest absolute Gasteiger partial charge is 0.481 e. The Bertz CT molecular complexity index is 1320. The van der Waals surface area contributed by atoms with Crippen LogP contribution < -0.4 is 5.73 Å². The molecule has 0 fully saturated rings. The normalized spacial score (nSPS) is 11.8. The lowest BCUT2D eigenvalue weighted by Gasteiger charge is -2.23. The Morgan fingerprint density at radius 1 is 0.941 bits per heavy atom. The van der Waals surface area contributed by atoms with E-state index in [0.29, 0.717) is 5.56 Å². The van der Waals surface area contributed by atoms with E-state index in [2.05, 4.69) is 31.2 Å². The molecule has 0 aliphatic rings. The molecule has 0 saturated heterocycles. The third kappa shape index (κ3) is 4.64. The van der Waals surface area contributed by atoms with Crippen LogP contribution in [0.25, 0.3) is 22.4 Å². The summed E-state index contributed by atoms with van der Waals surface area (Å²) in [5.41, 5.74) is 12.9. The van der Waals surface area contributed by atoms with Crippen LogP contribution in [-0.2, 0) is 11.2 Å². The Kier molecular flexibility index (Phi) is 6.64. The van der Waals surface area contributed by atoms with Crippen molar-refractivity contribution in [3.05, 3.63) is 107 Å². The van der Waals surface area contributed by atoms with Gasteiger partial charge in [0, 0.05) is 22.9 Å². The van der Waals surface area contributed by atoms with Crippen LogP contribution in [0.15, 0.2) is 85.1 Å². The first-order valence-corrected chi connectivity index (χ1v) is 11.4. The van der Waals surface area contributed by atoms with E-state index in [1.807, 2.05) is 60.2 Å². The van der Waals surface area contributed by atoms with Crippen LogP contribution in [-0.4, -0.2) is 21.6 Å². The lowest BCUT2D eigenvalue weighted by atomic mass is 9.95. The zero-order valence-electron chi connectivity index (χ0n) is 19.4. The number of primary amides is 1. The van der Waals surface area contributed by atoms with Gasteiger partial charge in [0.05, 0.1) is 18.2 Å². The van der Waals surface area contributed by atoms with Crippen molar-refractivity contribution in [3.8, 4) is 22.4 Å². The predicted molar refractivity (Wildman–Crippen MR) is 135 cm³/mol. The standard InChI is InChI=1S/C29H28N2O3/c1-3-20-9-11-21(12-10-20)25-15-16-31(26(18-27(32)33)22-7-5-4-6-8-22)28(25)24-14-13-23(29(30)34)17-19(24)2/h4-17,26H,3,18H2,1-2H3,(H2,30,34)(H,32,33). The molecule has 0 aliphatic carbocycles. The van der Waals surface area contributed by atoms with E-state index in [4.69, 9.17) is 5.73 Å². The molecular weight excluding hydrogens is 424 g/mol. The van der Waals surface area contributed by atoms with Gasteiger partial charge in [0.2, 0.25) is 5.91 Å². The average molecular weight is 453 g/mol. The first kappa shape index (κ1) is 23.1. The molecule has 1 amide bonds. The minimum Gasteiger partial charge on any atom is -0.481 e. The molecule has 1 unspecified atom stereocenters. The minimum atomic E-state index is -0.872. The molecule has 0 bridgehead atoms. The highest BCUT2D eigenvalue weighted by Gasteiger charge is 2.24. The van der Waals surface area contributed by atoms with E-state index in [1.165, 1.54) is 5.56 Å². The van der Waals surface area contributed by atoms with Crippen molar-refractivity contribution in [1.82, 2.24) is 4.57 Å². The maximum absolute atomic E-state index is 11.9. The van der Waals surface area contributed by atoms with Gasteiger partial charge in [-0.3, -0.25) is 9.59 Å². The van der Waals surface area contributed by atoms with E-state index < -0.39 is 17.9 Å². The molecule has 0 aliphatic heterocycles. The Balaban J connectivity index is 1.96. The molecule has 1 atom stereocenters. The molecule has 4 aromatic rings. The van der Waals surface area contributed by atoms with Gasteiger partial charge in [-0.2, -0.15) is 0 Å². The van der Waals surface area contributed by atoms with Gasteiger partial charge in [0.1, 0.15) is 0 Å². The van der Waals surface area contributed by atoms with E-state index in [9.17, 15) is 14.7 Å². The molecule has 0 saturated carbocycles. The number of rotatable bonds is 8. The topological polar surface area (TPSA) is 85.3 Å². The molecule has 4 rings (SSSR count). The van der Waals surface area contributed by atoms with Crippen molar-refractivity contribution in [2.45, 2.75) is 32.7 Å². The van der Waals surface area contributed by atoms with E-state index >= 15 is 0 Å². The van der Waals surface area contributed by atoms with Crippen molar-refractivity contribution in [2.24, 2.45) is 5.73 Å². The number of carboxylic acid groups (broad SMARTS) is 1. The van der Waals surface area contributed by atoms with Gasteiger partial charge in [0.25, 0.3) is 0 Å². The molecule has 0 radical (unpaired) electrons. The highest BCUT2D eigenvalue weighted by Crippen LogP contribution is 2.39. The fourth-order valence-corrected chi connectivity index (χ4v) is 4.44. The number of nitrogens with two attached hydrogens (primary N) is 1. The maximum Gasteiger partial charge on any atom is 0.305 e. The fraction of sp³-hybridized carbons (Fsp3) is 0.172. The van der Waals surface area contributed by atoms with E-state index in [1.54, 1.807) is 12.1 Å². The Morgan fingerprint density at radius 3 is 2.24 bits per heavy atom. The predicted octanol–water partition coefficient (Wildman–Crippen LogP) is 5.86. The number of benzene rings is 3. The van der Waals surface area contributed by atoms with Gasteiger partial charge in [-0.25, -0.2) is 0 Å². The zero-order valence-corrected chi connectivity index (χ0v) is 19.4. The fourth-order valence-electron chi connectivity index (χ4n) is 4.44. The summed E-state index contributed by atoms with van der Waals surface area (Å²) in [5, 5.41) is 9.74. The number of amides is 1. The van der Waals surface area contributed by atoms with Crippen molar-refractivity contribution in [2.75, 3.05) is 0 Å².